The molecular weight excluding hydrogens is 332 g/mol. The van der Waals surface area contributed by atoms with Crippen molar-refractivity contribution in [3.05, 3.63) is 48.2 Å². The summed E-state index contributed by atoms with van der Waals surface area (Å²) in [5, 5.41) is 6.43. The van der Waals surface area contributed by atoms with Crippen LogP contribution in [0.1, 0.15) is 12.5 Å². The number of hydrogen-bond donors (Lipinski definition) is 2. The zero-order valence-corrected chi connectivity index (χ0v) is 15.5. The Morgan fingerprint density at radius 3 is 2.96 bits per heavy atom. The summed E-state index contributed by atoms with van der Waals surface area (Å²) >= 11 is 1.78. The minimum atomic E-state index is 0.0461. The molecule has 0 saturated carbocycles. The topological polar surface area (TPSA) is 57.3 Å². The quantitative estimate of drug-likeness (QED) is 0.780. The van der Waals surface area contributed by atoms with Crippen LogP contribution in [0.5, 0.6) is 0 Å². The number of rotatable bonds is 6. The molecule has 0 bridgehead atoms. The fourth-order valence-corrected chi connectivity index (χ4v) is 3.73. The third-order valence-corrected chi connectivity index (χ3v) is 5.08. The van der Waals surface area contributed by atoms with Crippen molar-refractivity contribution in [2.75, 3.05) is 36.1 Å². The van der Waals surface area contributed by atoms with E-state index in [2.05, 4.69) is 53.1 Å². The van der Waals surface area contributed by atoms with Gasteiger partial charge in [0.1, 0.15) is 0 Å². The van der Waals surface area contributed by atoms with Crippen molar-refractivity contribution < 1.29 is 4.79 Å². The van der Waals surface area contributed by atoms with Gasteiger partial charge in [0.2, 0.25) is 5.91 Å². The van der Waals surface area contributed by atoms with Gasteiger partial charge in [-0.25, -0.2) is 4.98 Å². The van der Waals surface area contributed by atoms with Gasteiger partial charge in [0.15, 0.2) is 5.82 Å². The van der Waals surface area contributed by atoms with E-state index in [9.17, 15) is 4.79 Å². The van der Waals surface area contributed by atoms with Crippen LogP contribution in [0.15, 0.2) is 47.5 Å². The van der Waals surface area contributed by atoms with Crippen LogP contribution in [0.3, 0.4) is 0 Å². The van der Waals surface area contributed by atoms with Crippen molar-refractivity contribution >= 4 is 29.2 Å². The summed E-state index contributed by atoms with van der Waals surface area (Å²) in [6, 6.07) is 12.7. The van der Waals surface area contributed by atoms with Crippen LogP contribution in [0, 0.1) is 0 Å². The first-order valence-electron chi connectivity index (χ1n) is 8.52. The van der Waals surface area contributed by atoms with E-state index in [4.69, 9.17) is 0 Å². The van der Waals surface area contributed by atoms with Gasteiger partial charge in [-0.2, -0.15) is 0 Å². The van der Waals surface area contributed by atoms with E-state index in [1.807, 2.05) is 17.0 Å². The maximum Gasteiger partial charge on any atom is 0.239 e. The molecule has 1 aliphatic heterocycles. The Balaban J connectivity index is 1.73. The molecular formula is C19H24N4OS. The monoisotopic (exact) mass is 356 g/mol. The van der Waals surface area contributed by atoms with Crippen LogP contribution in [-0.4, -0.2) is 42.8 Å². The SMILES string of the molecule is CSc1ccccc1C[C@H](C)Nc1cccnc1N1CCNC(=O)C1. The standard InChI is InChI=1S/C19H24N4OS/c1-14(12-15-6-3-4-8-17(15)25-2)22-16-7-5-9-21-19(16)23-11-10-20-18(24)13-23/h3-9,14,22H,10-13H2,1-2H3,(H,20,24)/t14-/m0/s1. The van der Waals surface area contributed by atoms with Crippen molar-refractivity contribution in [2.24, 2.45) is 0 Å². The molecule has 0 unspecified atom stereocenters. The number of piperazine rings is 1. The number of pyridine rings is 1. The summed E-state index contributed by atoms with van der Waals surface area (Å²) in [4.78, 5) is 19.5. The molecule has 0 spiro atoms. The number of carbonyl (C=O) groups is 1. The van der Waals surface area contributed by atoms with Crippen LogP contribution < -0.4 is 15.5 Å². The number of benzene rings is 1. The Bertz CT molecular complexity index is 737. The number of carbonyl (C=O) groups excluding carboxylic acids is 1. The van der Waals surface area contributed by atoms with E-state index < -0.39 is 0 Å². The Labute approximate surface area is 153 Å². The van der Waals surface area contributed by atoms with E-state index in [0.29, 0.717) is 13.1 Å². The van der Waals surface area contributed by atoms with Gasteiger partial charge in [-0.1, -0.05) is 18.2 Å². The van der Waals surface area contributed by atoms with Crippen LogP contribution >= 0.6 is 11.8 Å². The lowest BCUT2D eigenvalue weighted by Gasteiger charge is -2.30. The summed E-state index contributed by atoms with van der Waals surface area (Å²) in [5.74, 6) is 0.896. The average molecular weight is 356 g/mol. The van der Waals surface area contributed by atoms with E-state index in [-0.39, 0.29) is 11.9 Å². The second kappa shape index (κ2) is 8.25. The summed E-state index contributed by atoms with van der Waals surface area (Å²) in [6.45, 7) is 3.97. The second-order valence-corrected chi connectivity index (χ2v) is 7.06. The number of anilines is 2. The molecule has 3 rings (SSSR count). The zero-order valence-electron chi connectivity index (χ0n) is 14.7. The lowest BCUT2D eigenvalue weighted by molar-refractivity contribution is -0.120. The van der Waals surface area contributed by atoms with Crippen LogP contribution in [0.25, 0.3) is 0 Å². The molecule has 2 heterocycles. The first-order valence-corrected chi connectivity index (χ1v) is 9.75. The molecule has 132 valence electrons. The van der Waals surface area contributed by atoms with Gasteiger partial charge in [0, 0.05) is 30.2 Å². The molecule has 1 aromatic carbocycles. The van der Waals surface area contributed by atoms with Crippen molar-refractivity contribution in [2.45, 2.75) is 24.3 Å². The van der Waals surface area contributed by atoms with Gasteiger partial charge in [-0.05, 0) is 43.4 Å². The van der Waals surface area contributed by atoms with Crippen molar-refractivity contribution in [3.63, 3.8) is 0 Å². The van der Waals surface area contributed by atoms with Crippen LogP contribution in [0.2, 0.25) is 0 Å². The Morgan fingerprint density at radius 2 is 2.16 bits per heavy atom. The maximum atomic E-state index is 11.7. The Morgan fingerprint density at radius 1 is 1.32 bits per heavy atom. The molecule has 25 heavy (non-hydrogen) atoms. The number of thioether (sulfide) groups is 1. The highest BCUT2D eigenvalue weighted by Gasteiger charge is 2.20. The Kier molecular flexibility index (Phi) is 5.81. The summed E-state index contributed by atoms with van der Waals surface area (Å²) in [6.07, 6.45) is 4.82. The van der Waals surface area contributed by atoms with E-state index in [1.54, 1.807) is 18.0 Å². The maximum absolute atomic E-state index is 11.7. The summed E-state index contributed by atoms with van der Waals surface area (Å²) in [7, 11) is 0. The van der Waals surface area contributed by atoms with Crippen LogP contribution in [-0.2, 0) is 11.2 Å². The number of nitrogens with zero attached hydrogens (tertiary/aromatic N) is 2. The van der Waals surface area contributed by atoms with E-state index in [1.165, 1.54) is 10.5 Å². The fraction of sp³-hybridized carbons (Fsp3) is 0.368. The van der Waals surface area contributed by atoms with Gasteiger partial charge in [-0.3, -0.25) is 4.79 Å². The number of nitrogens with one attached hydrogen (secondary N) is 2. The van der Waals surface area contributed by atoms with Crippen molar-refractivity contribution in [1.29, 1.82) is 0 Å². The highest BCUT2D eigenvalue weighted by atomic mass is 32.2. The lowest BCUT2D eigenvalue weighted by Crippen LogP contribution is -2.48. The zero-order chi connectivity index (χ0) is 17.6. The van der Waals surface area contributed by atoms with E-state index in [0.717, 1.165) is 24.5 Å². The number of aromatic nitrogens is 1. The largest absolute Gasteiger partial charge is 0.379 e. The molecule has 1 saturated heterocycles. The smallest absolute Gasteiger partial charge is 0.239 e. The molecule has 1 aromatic heterocycles. The predicted octanol–water partition coefficient (Wildman–Crippen LogP) is 2.78. The first kappa shape index (κ1) is 17.6. The third kappa shape index (κ3) is 4.45. The molecule has 5 nitrogen and oxygen atoms in total. The molecule has 1 fully saturated rings. The molecule has 2 N–H and O–H groups in total. The minimum Gasteiger partial charge on any atom is -0.379 e. The molecule has 1 amide bonds. The lowest BCUT2D eigenvalue weighted by atomic mass is 10.1. The normalized spacial score (nSPS) is 15.6. The van der Waals surface area contributed by atoms with Crippen molar-refractivity contribution in [1.82, 2.24) is 10.3 Å². The van der Waals surface area contributed by atoms with Gasteiger partial charge in [0.25, 0.3) is 0 Å². The highest BCUT2D eigenvalue weighted by Crippen LogP contribution is 2.26. The average Bonchev–Trinajstić information content (AvgIpc) is 2.62. The van der Waals surface area contributed by atoms with E-state index >= 15 is 0 Å². The Hall–Kier alpha value is -2.21. The molecule has 1 aliphatic rings. The summed E-state index contributed by atoms with van der Waals surface area (Å²) < 4.78 is 0. The third-order valence-electron chi connectivity index (χ3n) is 4.25. The van der Waals surface area contributed by atoms with Gasteiger partial charge in [-0.15, -0.1) is 11.8 Å². The van der Waals surface area contributed by atoms with Crippen LogP contribution in [0.4, 0.5) is 11.5 Å². The van der Waals surface area contributed by atoms with Crippen molar-refractivity contribution in [3.8, 4) is 0 Å². The second-order valence-electron chi connectivity index (χ2n) is 6.21. The van der Waals surface area contributed by atoms with Gasteiger partial charge in [0.05, 0.1) is 12.2 Å². The number of amides is 1. The van der Waals surface area contributed by atoms with Gasteiger partial charge < -0.3 is 15.5 Å². The van der Waals surface area contributed by atoms with Gasteiger partial charge >= 0.3 is 0 Å². The molecule has 1 atom stereocenters. The first-order chi connectivity index (χ1) is 12.2. The fourth-order valence-electron chi connectivity index (χ4n) is 3.10. The minimum absolute atomic E-state index is 0.0461. The molecule has 0 radical (unpaired) electrons. The number of hydrogen-bond acceptors (Lipinski definition) is 5. The molecule has 0 aliphatic carbocycles. The predicted molar refractivity (Wildman–Crippen MR) is 104 cm³/mol. The summed E-state index contributed by atoms with van der Waals surface area (Å²) in [5.41, 5.74) is 2.32. The highest BCUT2D eigenvalue weighted by molar-refractivity contribution is 7.98. The molecule has 2 aromatic rings. The molecule has 6 heteroatoms.